The van der Waals surface area contributed by atoms with Gasteiger partial charge in [-0.1, -0.05) is 0 Å². The zero-order valence-electron chi connectivity index (χ0n) is 7.01. The van der Waals surface area contributed by atoms with Gasteiger partial charge >= 0.3 is 0 Å². The van der Waals surface area contributed by atoms with Gasteiger partial charge in [0.25, 0.3) is 0 Å². The highest BCUT2D eigenvalue weighted by Gasteiger charge is 2.19. The summed E-state index contributed by atoms with van der Waals surface area (Å²) in [4.78, 5) is 2.38. The maximum Gasteiger partial charge on any atom is 0.00136 e. The Labute approximate surface area is 63.4 Å². The molecule has 1 aliphatic heterocycles. The van der Waals surface area contributed by atoms with Crippen molar-refractivity contribution in [3.05, 3.63) is 0 Å². The quantitative estimate of drug-likeness (QED) is 0.614. The topological polar surface area (TPSA) is 29.3 Å². The van der Waals surface area contributed by atoms with Crippen LogP contribution in [-0.2, 0) is 0 Å². The molecule has 0 spiro atoms. The standard InChI is InChI=1S/C8H18N2/c1-7(9)5-8-3-4-10(2)6-8/h7-8H,3-6,9H2,1-2H3. The Morgan fingerprint density at radius 3 is 2.80 bits per heavy atom. The van der Waals surface area contributed by atoms with E-state index in [1.807, 2.05) is 0 Å². The minimum absolute atomic E-state index is 0.386. The van der Waals surface area contributed by atoms with E-state index in [4.69, 9.17) is 5.73 Å². The lowest BCUT2D eigenvalue weighted by atomic mass is 10.0. The fourth-order valence-electron chi connectivity index (χ4n) is 1.74. The molecule has 1 saturated heterocycles. The van der Waals surface area contributed by atoms with Crippen molar-refractivity contribution < 1.29 is 0 Å². The second-order valence-corrected chi connectivity index (χ2v) is 3.63. The minimum atomic E-state index is 0.386. The summed E-state index contributed by atoms with van der Waals surface area (Å²) in [5, 5.41) is 0. The molecule has 1 aliphatic rings. The van der Waals surface area contributed by atoms with Crippen LogP contribution in [0.25, 0.3) is 0 Å². The minimum Gasteiger partial charge on any atom is -0.328 e. The molecule has 0 aliphatic carbocycles. The molecule has 0 radical (unpaired) electrons. The molecular weight excluding hydrogens is 124 g/mol. The molecule has 0 aromatic heterocycles. The highest BCUT2D eigenvalue weighted by Crippen LogP contribution is 2.18. The van der Waals surface area contributed by atoms with Crippen LogP contribution in [0.3, 0.4) is 0 Å². The van der Waals surface area contributed by atoms with E-state index >= 15 is 0 Å². The molecule has 2 nitrogen and oxygen atoms in total. The van der Waals surface area contributed by atoms with Crippen molar-refractivity contribution in [2.24, 2.45) is 11.7 Å². The summed E-state index contributed by atoms with van der Waals surface area (Å²) in [5.74, 6) is 0.866. The molecule has 60 valence electrons. The summed E-state index contributed by atoms with van der Waals surface area (Å²) in [7, 11) is 2.18. The zero-order valence-corrected chi connectivity index (χ0v) is 7.01. The highest BCUT2D eigenvalue weighted by molar-refractivity contribution is 4.75. The van der Waals surface area contributed by atoms with Crippen molar-refractivity contribution in [2.75, 3.05) is 20.1 Å². The Balaban J connectivity index is 2.18. The van der Waals surface area contributed by atoms with E-state index in [9.17, 15) is 0 Å². The van der Waals surface area contributed by atoms with Crippen molar-refractivity contribution in [1.29, 1.82) is 0 Å². The Bertz CT molecular complexity index is 101. The third-order valence-corrected chi connectivity index (χ3v) is 2.19. The number of rotatable bonds is 2. The molecule has 10 heavy (non-hydrogen) atoms. The predicted octanol–water partition coefficient (Wildman–Crippen LogP) is 0.675. The first-order chi connectivity index (χ1) is 4.68. The monoisotopic (exact) mass is 142 g/mol. The van der Waals surface area contributed by atoms with Gasteiger partial charge in [-0.25, -0.2) is 0 Å². The van der Waals surface area contributed by atoms with E-state index in [0.717, 1.165) is 5.92 Å². The molecule has 2 heteroatoms. The molecule has 1 heterocycles. The summed E-state index contributed by atoms with van der Waals surface area (Å²) in [6, 6.07) is 0.386. The van der Waals surface area contributed by atoms with Gasteiger partial charge in [0.1, 0.15) is 0 Å². The van der Waals surface area contributed by atoms with Gasteiger partial charge in [-0.15, -0.1) is 0 Å². The van der Waals surface area contributed by atoms with Crippen LogP contribution in [0.1, 0.15) is 19.8 Å². The summed E-state index contributed by atoms with van der Waals surface area (Å²) in [5.41, 5.74) is 5.70. The number of hydrogen-bond donors (Lipinski definition) is 1. The van der Waals surface area contributed by atoms with Crippen molar-refractivity contribution in [3.63, 3.8) is 0 Å². The average molecular weight is 142 g/mol. The van der Waals surface area contributed by atoms with Gasteiger partial charge in [0.15, 0.2) is 0 Å². The van der Waals surface area contributed by atoms with Crippen LogP contribution in [0.15, 0.2) is 0 Å². The zero-order chi connectivity index (χ0) is 7.56. The van der Waals surface area contributed by atoms with Crippen LogP contribution in [0.4, 0.5) is 0 Å². The third kappa shape index (κ3) is 2.27. The lowest BCUT2D eigenvalue weighted by Crippen LogP contribution is -2.21. The third-order valence-electron chi connectivity index (χ3n) is 2.19. The van der Waals surface area contributed by atoms with Crippen LogP contribution < -0.4 is 5.73 Å². The number of nitrogens with two attached hydrogens (primary N) is 1. The molecular formula is C8H18N2. The van der Waals surface area contributed by atoms with Crippen LogP contribution in [0.2, 0.25) is 0 Å². The van der Waals surface area contributed by atoms with E-state index in [-0.39, 0.29) is 0 Å². The largest absolute Gasteiger partial charge is 0.328 e. The highest BCUT2D eigenvalue weighted by atomic mass is 15.1. The molecule has 0 aromatic rings. The summed E-state index contributed by atoms with van der Waals surface area (Å²) >= 11 is 0. The first kappa shape index (κ1) is 8.02. The van der Waals surface area contributed by atoms with Crippen LogP contribution in [-0.4, -0.2) is 31.1 Å². The lowest BCUT2D eigenvalue weighted by molar-refractivity contribution is 0.379. The lowest BCUT2D eigenvalue weighted by Gasteiger charge is -2.11. The number of nitrogens with zero attached hydrogens (tertiary/aromatic N) is 1. The van der Waals surface area contributed by atoms with Crippen molar-refractivity contribution in [3.8, 4) is 0 Å². The summed E-state index contributed by atoms with van der Waals surface area (Å²) < 4.78 is 0. The van der Waals surface area contributed by atoms with Gasteiger partial charge in [-0.3, -0.25) is 0 Å². The summed E-state index contributed by atoms with van der Waals surface area (Å²) in [6.07, 6.45) is 2.54. The predicted molar refractivity (Wildman–Crippen MR) is 43.9 cm³/mol. The molecule has 2 N–H and O–H groups in total. The second kappa shape index (κ2) is 3.35. The maximum atomic E-state index is 5.70. The Morgan fingerprint density at radius 1 is 1.70 bits per heavy atom. The van der Waals surface area contributed by atoms with Gasteiger partial charge in [0, 0.05) is 12.6 Å². The van der Waals surface area contributed by atoms with Gasteiger partial charge in [-0.2, -0.15) is 0 Å². The smallest absolute Gasteiger partial charge is 0.00136 e. The molecule has 2 atom stereocenters. The molecule has 0 bridgehead atoms. The number of hydrogen-bond acceptors (Lipinski definition) is 2. The summed E-state index contributed by atoms with van der Waals surface area (Å²) in [6.45, 7) is 4.61. The van der Waals surface area contributed by atoms with E-state index < -0.39 is 0 Å². The first-order valence-electron chi connectivity index (χ1n) is 4.12. The van der Waals surface area contributed by atoms with Gasteiger partial charge in [-0.05, 0) is 39.3 Å². The van der Waals surface area contributed by atoms with Crippen LogP contribution >= 0.6 is 0 Å². The molecule has 1 rings (SSSR count). The Hall–Kier alpha value is -0.0800. The second-order valence-electron chi connectivity index (χ2n) is 3.63. The molecule has 0 amide bonds. The Kier molecular flexibility index (Phi) is 2.69. The van der Waals surface area contributed by atoms with Crippen LogP contribution in [0, 0.1) is 5.92 Å². The number of likely N-dealkylation sites (tertiary alicyclic amines) is 1. The Morgan fingerprint density at radius 2 is 2.40 bits per heavy atom. The van der Waals surface area contributed by atoms with Gasteiger partial charge in [0.05, 0.1) is 0 Å². The van der Waals surface area contributed by atoms with Gasteiger partial charge < -0.3 is 10.6 Å². The van der Waals surface area contributed by atoms with Crippen molar-refractivity contribution in [1.82, 2.24) is 4.90 Å². The average Bonchev–Trinajstić information content (AvgIpc) is 2.13. The molecule has 0 saturated carbocycles. The van der Waals surface area contributed by atoms with Gasteiger partial charge in [0.2, 0.25) is 0 Å². The molecule has 1 fully saturated rings. The first-order valence-corrected chi connectivity index (χ1v) is 4.12. The fraction of sp³-hybridized carbons (Fsp3) is 1.00. The molecule has 2 unspecified atom stereocenters. The van der Waals surface area contributed by atoms with E-state index in [0.29, 0.717) is 6.04 Å². The normalized spacial score (nSPS) is 30.9. The fourth-order valence-corrected chi connectivity index (χ4v) is 1.74. The molecule has 0 aromatic carbocycles. The van der Waals surface area contributed by atoms with E-state index in [1.54, 1.807) is 0 Å². The van der Waals surface area contributed by atoms with E-state index in [1.165, 1.54) is 25.9 Å². The van der Waals surface area contributed by atoms with Crippen LogP contribution in [0.5, 0.6) is 0 Å². The van der Waals surface area contributed by atoms with Crippen molar-refractivity contribution >= 4 is 0 Å². The SMILES string of the molecule is CC(N)CC1CCN(C)C1. The van der Waals surface area contributed by atoms with E-state index in [2.05, 4.69) is 18.9 Å². The van der Waals surface area contributed by atoms with Crippen molar-refractivity contribution in [2.45, 2.75) is 25.8 Å². The maximum absolute atomic E-state index is 5.70.